The average Bonchev–Trinajstić information content (AvgIpc) is 2.46. The third-order valence-electron chi connectivity index (χ3n) is 3.48. The summed E-state index contributed by atoms with van der Waals surface area (Å²) in [4.78, 5) is 4.81. The highest BCUT2D eigenvalue weighted by Crippen LogP contribution is 2.21. The van der Waals surface area contributed by atoms with Crippen molar-refractivity contribution >= 4 is 5.71 Å². The molecule has 0 aromatic heterocycles. The lowest BCUT2D eigenvalue weighted by atomic mass is 9.90. The molecule has 0 aliphatic heterocycles. The van der Waals surface area contributed by atoms with Crippen LogP contribution in [-0.4, -0.2) is 5.71 Å². The fraction of sp³-hybridized carbons (Fsp3) is 0.235. The first-order valence-corrected chi connectivity index (χ1v) is 6.59. The highest BCUT2D eigenvalue weighted by molar-refractivity contribution is 6.02. The zero-order chi connectivity index (χ0) is 12.2. The molecule has 0 N–H and O–H groups in total. The standard InChI is InChI=1S/C17H17N/c1-2-7-14(8-3-1)13-18-17-12-6-10-15-9-4-5-11-16(15)17/h1-5,7-9,11H,6,10,12-13H2/b18-17+. The molecule has 0 bridgehead atoms. The maximum Gasteiger partial charge on any atom is 0.0643 e. The summed E-state index contributed by atoms with van der Waals surface area (Å²) < 4.78 is 0. The van der Waals surface area contributed by atoms with Crippen molar-refractivity contribution in [2.75, 3.05) is 0 Å². The fourth-order valence-electron chi connectivity index (χ4n) is 2.54. The van der Waals surface area contributed by atoms with Gasteiger partial charge in [0.25, 0.3) is 0 Å². The van der Waals surface area contributed by atoms with E-state index >= 15 is 0 Å². The molecule has 18 heavy (non-hydrogen) atoms. The van der Waals surface area contributed by atoms with E-state index in [1.165, 1.54) is 35.2 Å². The van der Waals surface area contributed by atoms with Crippen LogP contribution in [0.2, 0.25) is 0 Å². The Morgan fingerprint density at radius 3 is 2.50 bits per heavy atom. The molecule has 0 amide bonds. The number of nitrogens with zero attached hydrogens (tertiary/aromatic N) is 1. The monoisotopic (exact) mass is 235 g/mol. The molecule has 90 valence electrons. The Labute approximate surface area is 108 Å². The summed E-state index contributed by atoms with van der Waals surface area (Å²) in [6.07, 6.45) is 3.54. The molecule has 0 saturated carbocycles. The minimum absolute atomic E-state index is 0.796. The van der Waals surface area contributed by atoms with E-state index in [9.17, 15) is 0 Å². The Kier molecular flexibility index (Phi) is 3.22. The van der Waals surface area contributed by atoms with Crippen molar-refractivity contribution in [3.8, 4) is 0 Å². The van der Waals surface area contributed by atoms with E-state index in [1.807, 2.05) is 6.07 Å². The second-order valence-electron chi connectivity index (χ2n) is 4.76. The molecule has 0 spiro atoms. The molecule has 1 aliphatic carbocycles. The van der Waals surface area contributed by atoms with Crippen LogP contribution in [-0.2, 0) is 13.0 Å². The van der Waals surface area contributed by atoms with Crippen LogP contribution in [0.25, 0.3) is 0 Å². The summed E-state index contributed by atoms with van der Waals surface area (Å²) in [5.74, 6) is 0. The van der Waals surface area contributed by atoms with Crippen molar-refractivity contribution in [3.05, 3.63) is 71.3 Å². The molecule has 0 fully saturated rings. The fourth-order valence-corrected chi connectivity index (χ4v) is 2.54. The summed E-state index contributed by atoms with van der Waals surface area (Å²) >= 11 is 0. The number of hydrogen-bond donors (Lipinski definition) is 0. The van der Waals surface area contributed by atoms with Crippen molar-refractivity contribution in [1.29, 1.82) is 0 Å². The third kappa shape index (κ3) is 2.35. The molecule has 3 rings (SSSR count). The maximum absolute atomic E-state index is 4.81. The molecule has 0 unspecified atom stereocenters. The van der Waals surface area contributed by atoms with Crippen LogP contribution >= 0.6 is 0 Å². The average molecular weight is 235 g/mol. The SMILES string of the molecule is c1ccc(C/N=C2\CCCc3ccccc32)cc1. The molecule has 1 aliphatic rings. The highest BCUT2D eigenvalue weighted by Gasteiger charge is 2.13. The van der Waals surface area contributed by atoms with Gasteiger partial charge < -0.3 is 0 Å². The molecular weight excluding hydrogens is 218 g/mol. The van der Waals surface area contributed by atoms with Crippen molar-refractivity contribution < 1.29 is 0 Å². The van der Waals surface area contributed by atoms with Gasteiger partial charge in [0.1, 0.15) is 0 Å². The number of benzene rings is 2. The molecule has 1 nitrogen and oxygen atoms in total. The van der Waals surface area contributed by atoms with Crippen LogP contribution in [0, 0.1) is 0 Å². The third-order valence-corrected chi connectivity index (χ3v) is 3.48. The first kappa shape index (κ1) is 11.2. The van der Waals surface area contributed by atoms with E-state index in [-0.39, 0.29) is 0 Å². The van der Waals surface area contributed by atoms with E-state index in [0.29, 0.717) is 0 Å². The molecule has 0 atom stereocenters. The van der Waals surface area contributed by atoms with E-state index in [4.69, 9.17) is 4.99 Å². The van der Waals surface area contributed by atoms with Crippen LogP contribution < -0.4 is 0 Å². The lowest BCUT2D eigenvalue weighted by molar-refractivity contribution is 0.831. The second-order valence-corrected chi connectivity index (χ2v) is 4.76. The van der Waals surface area contributed by atoms with Gasteiger partial charge in [0, 0.05) is 5.71 Å². The molecule has 0 radical (unpaired) electrons. The van der Waals surface area contributed by atoms with Gasteiger partial charge in [0.2, 0.25) is 0 Å². The zero-order valence-corrected chi connectivity index (χ0v) is 10.5. The number of hydrogen-bond acceptors (Lipinski definition) is 1. The van der Waals surface area contributed by atoms with Gasteiger partial charge in [-0.05, 0) is 36.0 Å². The van der Waals surface area contributed by atoms with Gasteiger partial charge in [0.15, 0.2) is 0 Å². The topological polar surface area (TPSA) is 12.4 Å². The van der Waals surface area contributed by atoms with E-state index in [0.717, 1.165) is 13.0 Å². The largest absolute Gasteiger partial charge is 0.284 e. The summed E-state index contributed by atoms with van der Waals surface area (Å²) in [7, 11) is 0. The Hall–Kier alpha value is -1.89. The number of aliphatic imine (C=N–C) groups is 1. The van der Waals surface area contributed by atoms with Crippen LogP contribution in [0.4, 0.5) is 0 Å². The first-order valence-electron chi connectivity index (χ1n) is 6.59. The Bertz CT molecular complexity index is 555. The van der Waals surface area contributed by atoms with E-state index < -0.39 is 0 Å². The Morgan fingerprint density at radius 2 is 1.61 bits per heavy atom. The quantitative estimate of drug-likeness (QED) is 0.745. The number of fused-ring (bicyclic) bond motifs is 1. The van der Waals surface area contributed by atoms with Crippen LogP contribution in [0.3, 0.4) is 0 Å². The zero-order valence-electron chi connectivity index (χ0n) is 10.5. The van der Waals surface area contributed by atoms with Crippen molar-refractivity contribution in [2.45, 2.75) is 25.8 Å². The summed E-state index contributed by atoms with van der Waals surface area (Å²) in [5, 5.41) is 0. The van der Waals surface area contributed by atoms with Gasteiger partial charge >= 0.3 is 0 Å². The predicted octanol–water partition coefficient (Wildman–Crippen LogP) is 4.01. The second kappa shape index (κ2) is 5.18. The smallest absolute Gasteiger partial charge is 0.0643 e. The van der Waals surface area contributed by atoms with Crippen molar-refractivity contribution in [2.24, 2.45) is 4.99 Å². The summed E-state index contributed by atoms with van der Waals surface area (Å²) in [5.41, 5.74) is 5.38. The van der Waals surface area contributed by atoms with Crippen LogP contribution in [0.1, 0.15) is 29.5 Å². The van der Waals surface area contributed by atoms with Crippen LogP contribution in [0.15, 0.2) is 59.6 Å². The molecule has 2 aromatic carbocycles. The van der Waals surface area contributed by atoms with Gasteiger partial charge in [-0.3, -0.25) is 4.99 Å². The molecule has 0 heterocycles. The Balaban J connectivity index is 1.85. The summed E-state index contributed by atoms with van der Waals surface area (Å²) in [6, 6.07) is 19.1. The number of rotatable bonds is 2. The molecule has 2 aromatic rings. The lowest BCUT2D eigenvalue weighted by Gasteiger charge is -2.17. The predicted molar refractivity (Wildman–Crippen MR) is 76.1 cm³/mol. The molecule has 0 saturated heterocycles. The molecular formula is C17H17N. The molecule has 1 heteroatoms. The van der Waals surface area contributed by atoms with Gasteiger partial charge in [-0.2, -0.15) is 0 Å². The van der Waals surface area contributed by atoms with Gasteiger partial charge in [-0.25, -0.2) is 0 Å². The summed E-state index contributed by atoms with van der Waals surface area (Å²) in [6.45, 7) is 0.796. The van der Waals surface area contributed by atoms with E-state index in [2.05, 4.69) is 48.5 Å². The normalized spacial score (nSPS) is 16.6. The Morgan fingerprint density at radius 1 is 0.833 bits per heavy atom. The van der Waals surface area contributed by atoms with Gasteiger partial charge in [-0.15, -0.1) is 0 Å². The lowest BCUT2D eigenvalue weighted by Crippen LogP contribution is -2.11. The number of aryl methyl sites for hydroxylation is 1. The van der Waals surface area contributed by atoms with Crippen molar-refractivity contribution in [1.82, 2.24) is 0 Å². The maximum atomic E-state index is 4.81. The van der Waals surface area contributed by atoms with Gasteiger partial charge in [0.05, 0.1) is 6.54 Å². The minimum atomic E-state index is 0.796. The first-order chi connectivity index (χ1) is 8.93. The minimum Gasteiger partial charge on any atom is -0.284 e. The van der Waals surface area contributed by atoms with Crippen molar-refractivity contribution in [3.63, 3.8) is 0 Å². The van der Waals surface area contributed by atoms with E-state index in [1.54, 1.807) is 0 Å². The highest BCUT2D eigenvalue weighted by atomic mass is 14.7. The van der Waals surface area contributed by atoms with Gasteiger partial charge in [-0.1, -0.05) is 54.6 Å². The van der Waals surface area contributed by atoms with Crippen LogP contribution in [0.5, 0.6) is 0 Å².